The van der Waals surface area contributed by atoms with Crippen LogP contribution in [0.3, 0.4) is 0 Å². The molecule has 1 aromatic heterocycles. The number of amides is 1. The minimum atomic E-state index is -0.0958. The second kappa shape index (κ2) is 9.32. The number of aromatic nitrogens is 2. The summed E-state index contributed by atoms with van der Waals surface area (Å²) in [6.45, 7) is 7.66. The van der Waals surface area contributed by atoms with Gasteiger partial charge in [0.25, 0.3) is 5.91 Å². The molecule has 1 atom stereocenters. The molecule has 1 aliphatic heterocycles. The summed E-state index contributed by atoms with van der Waals surface area (Å²) in [5.74, 6) is 0.475. The van der Waals surface area contributed by atoms with E-state index in [0.717, 1.165) is 24.5 Å². The average molecular weight is 420 g/mol. The lowest BCUT2D eigenvalue weighted by Gasteiger charge is -2.35. The van der Waals surface area contributed by atoms with Crippen LogP contribution < -0.4 is 11.1 Å². The zero-order valence-corrected chi connectivity index (χ0v) is 18.0. The SMILES string of the molecule is Cc1ccc(C(CNC(=O)c2ccc(-n3nc(C)cc3N)cc2)N2CCOCC2)cc1. The summed E-state index contributed by atoms with van der Waals surface area (Å²) < 4.78 is 7.18. The predicted octanol–water partition coefficient (Wildman–Crippen LogP) is 2.87. The van der Waals surface area contributed by atoms with Gasteiger partial charge in [0.1, 0.15) is 5.82 Å². The van der Waals surface area contributed by atoms with Crippen LogP contribution in [-0.2, 0) is 4.74 Å². The van der Waals surface area contributed by atoms with Crippen molar-refractivity contribution < 1.29 is 9.53 Å². The van der Waals surface area contributed by atoms with E-state index < -0.39 is 0 Å². The van der Waals surface area contributed by atoms with Crippen LogP contribution in [0.2, 0.25) is 0 Å². The normalized spacial score (nSPS) is 15.5. The van der Waals surface area contributed by atoms with Crippen molar-refractivity contribution in [1.29, 1.82) is 0 Å². The average Bonchev–Trinajstić information content (AvgIpc) is 3.13. The van der Waals surface area contributed by atoms with Gasteiger partial charge in [0, 0.05) is 31.3 Å². The highest BCUT2D eigenvalue weighted by Crippen LogP contribution is 2.22. The Hall–Kier alpha value is -3.16. The molecule has 0 spiro atoms. The van der Waals surface area contributed by atoms with E-state index in [1.54, 1.807) is 16.8 Å². The van der Waals surface area contributed by atoms with Crippen molar-refractivity contribution in [3.8, 4) is 5.69 Å². The van der Waals surface area contributed by atoms with Crippen LogP contribution in [0, 0.1) is 13.8 Å². The Morgan fingerprint density at radius 2 is 1.77 bits per heavy atom. The number of ether oxygens (including phenoxy) is 1. The van der Waals surface area contributed by atoms with Gasteiger partial charge in [-0.2, -0.15) is 5.10 Å². The molecule has 1 unspecified atom stereocenters. The largest absolute Gasteiger partial charge is 0.384 e. The zero-order valence-electron chi connectivity index (χ0n) is 18.0. The fraction of sp³-hybridized carbons (Fsp3) is 0.333. The fourth-order valence-electron chi connectivity index (χ4n) is 3.91. The molecule has 0 saturated carbocycles. The summed E-state index contributed by atoms with van der Waals surface area (Å²) in [5.41, 5.74) is 10.7. The topological polar surface area (TPSA) is 85.4 Å². The number of rotatable bonds is 6. The van der Waals surface area contributed by atoms with E-state index in [0.29, 0.717) is 31.1 Å². The van der Waals surface area contributed by atoms with Gasteiger partial charge in [0.2, 0.25) is 0 Å². The first-order valence-corrected chi connectivity index (χ1v) is 10.6. The third-order valence-corrected chi connectivity index (χ3v) is 5.64. The first kappa shape index (κ1) is 21.1. The van der Waals surface area contributed by atoms with Crippen molar-refractivity contribution in [2.24, 2.45) is 0 Å². The number of anilines is 1. The van der Waals surface area contributed by atoms with Gasteiger partial charge in [-0.1, -0.05) is 29.8 Å². The van der Waals surface area contributed by atoms with Crippen molar-refractivity contribution in [2.75, 3.05) is 38.6 Å². The Morgan fingerprint density at radius 3 is 2.39 bits per heavy atom. The molecule has 7 heteroatoms. The van der Waals surface area contributed by atoms with Gasteiger partial charge in [-0.15, -0.1) is 0 Å². The highest BCUT2D eigenvalue weighted by atomic mass is 16.5. The summed E-state index contributed by atoms with van der Waals surface area (Å²) in [4.78, 5) is 15.2. The van der Waals surface area contributed by atoms with Crippen molar-refractivity contribution in [3.05, 3.63) is 77.0 Å². The number of carbonyl (C=O) groups is 1. The molecule has 2 heterocycles. The monoisotopic (exact) mass is 419 g/mol. The standard InChI is InChI=1S/C24H29N5O2/c1-17-3-5-19(6-4-17)22(28-11-13-31-14-12-28)16-26-24(30)20-7-9-21(10-8-20)29-23(25)15-18(2)27-29/h3-10,15,22H,11-14,16,25H2,1-2H3,(H,26,30). The Bertz CT molecular complexity index is 1020. The third-order valence-electron chi connectivity index (χ3n) is 5.64. The molecular weight excluding hydrogens is 390 g/mol. The molecule has 1 saturated heterocycles. The lowest BCUT2D eigenvalue weighted by molar-refractivity contribution is 0.0162. The van der Waals surface area contributed by atoms with Crippen LogP contribution in [0.5, 0.6) is 0 Å². The van der Waals surface area contributed by atoms with E-state index >= 15 is 0 Å². The number of morpholine rings is 1. The van der Waals surface area contributed by atoms with Crippen molar-refractivity contribution in [1.82, 2.24) is 20.0 Å². The molecule has 1 aliphatic rings. The van der Waals surface area contributed by atoms with E-state index in [9.17, 15) is 4.79 Å². The lowest BCUT2D eigenvalue weighted by Crippen LogP contribution is -2.43. The molecule has 0 radical (unpaired) electrons. The highest BCUT2D eigenvalue weighted by Gasteiger charge is 2.23. The van der Waals surface area contributed by atoms with E-state index in [4.69, 9.17) is 10.5 Å². The lowest BCUT2D eigenvalue weighted by atomic mass is 10.0. The minimum Gasteiger partial charge on any atom is -0.384 e. The summed E-state index contributed by atoms with van der Waals surface area (Å²) in [6, 6.07) is 17.8. The number of hydrogen-bond donors (Lipinski definition) is 2. The molecule has 0 bridgehead atoms. The van der Waals surface area contributed by atoms with Crippen molar-refractivity contribution in [2.45, 2.75) is 19.9 Å². The predicted molar refractivity (Wildman–Crippen MR) is 121 cm³/mol. The highest BCUT2D eigenvalue weighted by molar-refractivity contribution is 5.94. The van der Waals surface area contributed by atoms with Crippen LogP contribution in [0.4, 0.5) is 5.82 Å². The number of hydrogen-bond acceptors (Lipinski definition) is 5. The van der Waals surface area contributed by atoms with Gasteiger partial charge < -0.3 is 15.8 Å². The number of benzene rings is 2. The second-order valence-electron chi connectivity index (χ2n) is 7.95. The van der Waals surface area contributed by atoms with Gasteiger partial charge in [0.05, 0.1) is 30.6 Å². The van der Waals surface area contributed by atoms with E-state index in [1.165, 1.54) is 11.1 Å². The quantitative estimate of drug-likeness (QED) is 0.642. The molecule has 3 aromatic rings. The summed E-state index contributed by atoms with van der Waals surface area (Å²) >= 11 is 0. The van der Waals surface area contributed by atoms with E-state index in [-0.39, 0.29) is 11.9 Å². The first-order chi connectivity index (χ1) is 15.0. The van der Waals surface area contributed by atoms with Gasteiger partial charge >= 0.3 is 0 Å². The molecule has 162 valence electrons. The first-order valence-electron chi connectivity index (χ1n) is 10.6. The van der Waals surface area contributed by atoms with Crippen LogP contribution in [-0.4, -0.2) is 53.4 Å². The number of nitrogens with two attached hydrogens (primary N) is 1. The van der Waals surface area contributed by atoms with Crippen LogP contribution >= 0.6 is 0 Å². The molecule has 1 fully saturated rings. The van der Waals surface area contributed by atoms with Crippen molar-refractivity contribution >= 4 is 11.7 Å². The number of aryl methyl sites for hydroxylation is 2. The van der Waals surface area contributed by atoms with E-state index in [1.807, 2.05) is 25.1 Å². The second-order valence-corrected chi connectivity index (χ2v) is 7.95. The van der Waals surface area contributed by atoms with Gasteiger partial charge in [-0.3, -0.25) is 9.69 Å². The Balaban J connectivity index is 1.45. The minimum absolute atomic E-state index is 0.0958. The molecule has 3 N–H and O–H groups in total. The van der Waals surface area contributed by atoms with Crippen LogP contribution in [0.25, 0.3) is 5.69 Å². The maximum Gasteiger partial charge on any atom is 0.251 e. The Labute approximate surface area is 182 Å². The van der Waals surface area contributed by atoms with Crippen LogP contribution in [0.15, 0.2) is 54.6 Å². The number of nitrogen functional groups attached to an aromatic ring is 1. The molecule has 4 rings (SSSR count). The Morgan fingerprint density at radius 1 is 1.10 bits per heavy atom. The fourth-order valence-corrected chi connectivity index (χ4v) is 3.91. The molecule has 0 aliphatic carbocycles. The maximum atomic E-state index is 12.8. The van der Waals surface area contributed by atoms with Gasteiger partial charge in [0.15, 0.2) is 0 Å². The molecular formula is C24H29N5O2. The molecule has 2 aromatic carbocycles. The summed E-state index contributed by atoms with van der Waals surface area (Å²) in [7, 11) is 0. The Kier molecular flexibility index (Phi) is 6.34. The van der Waals surface area contributed by atoms with E-state index in [2.05, 4.69) is 46.5 Å². The van der Waals surface area contributed by atoms with Gasteiger partial charge in [-0.25, -0.2) is 4.68 Å². The number of carbonyl (C=O) groups excluding carboxylic acids is 1. The molecule has 7 nitrogen and oxygen atoms in total. The van der Waals surface area contributed by atoms with Crippen LogP contribution in [0.1, 0.15) is 33.2 Å². The maximum absolute atomic E-state index is 12.8. The number of nitrogens with zero attached hydrogens (tertiary/aromatic N) is 3. The van der Waals surface area contributed by atoms with Gasteiger partial charge in [-0.05, 0) is 43.7 Å². The summed E-state index contributed by atoms with van der Waals surface area (Å²) in [6.07, 6.45) is 0. The summed E-state index contributed by atoms with van der Waals surface area (Å²) in [5, 5.41) is 7.50. The third kappa shape index (κ3) is 4.95. The molecule has 31 heavy (non-hydrogen) atoms. The van der Waals surface area contributed by atoms with Crippen molar-refractivity contribution in [3.63, 3.8) is 0 Å². The molecule has 1 amide bonds. The zero-order chi connectivity index (χ0) is 21.8. The smallest absolute Gasteiger partial charge is 0.251 e. The number of nitrogens with one attached hydrogen (secondary N) is 1.